The molecule has 172 valence electrons. The molecule has 1 aliphatic rings. The fraction of sp³-hybridized carbons (Fsp3) is 0.348. The second-order valence-electron chi connectivity index (χ2n) is 7.93. The van der Waals surface area contributed by atoms with Gasteiger partial charge in [-0.2, -0.15) is 4.98 Å². The second kappa shape index (κ2) is 9.45. The van der Waals surface area contributed by atoms with E-state index in [4.69, 9.17) is 9.47 Å². The molecule has 1 N–H and O–H groups in total. The average molecular weight is 452 g/mol. The van der Waals surface area contributed by atoms with Crippen molar-refractivity contribution in [1.29, 1.82) is 0 Å². The first-order valence-corrected chi connectivity index (χ1v) is 10.6. The van der Waals surface area contributed by atoms with Crippen molar-refractivity contribution in [2.75, 3.05) is 30.4 Å². The molecule has 1 saturated heterocycles. The molecular weight excluding hydrogens is 427 g/mol. The molecule has 0 amide bonds. The van der Waals surface area contributed by atoms with Gasteiger partial charge in [-0.3, -0.25) is 4.79 Å². The average Bonchev–Trinajstić information content (AvgIpc) is 2.79. The minimum absolute atomic E-state index is 0.0101. The maximum atomic E-state index is 14.5. The van der Waals surface area contributed by atoms with Gasteiger partial charge in [0.1, 0.15) is 11.4 Å². The molecule has 3 heterocycles. The summed E-state index contributed by atoms with van der Waals surface area (Å²) in [6.07, 6.45) is 1.14. The highest BCUT2D eigenvalue weighted by molar-refractivity contribution is 5.99. The number of rotatable bonds is 6. The number of nitrogens with one attached hydrogen (secondary N) is 1. The Bertz CT molecular complexity index is 1150. The van der Waals surface area contributed by atoms with E-state index >= 15 is 0 Å². The number of halogens is 1. The summed E-state index contributed by atoms with van der Waals surface area (Å²) >= 11 is 0. The van der Waals surface area contributed by atoms with Gasteiger partial charge in [-0.25, -0.2) is 9.37 Å². The standard InChI is InChI=1S/C23H25FN6O3/c1-13-11-30(12-14(2)33-13)23-25-10-19(24)22(27-23)26-20-9-18(21(15(3)31)29-28-20)16-5-7-17(32-4)8-6-16/h5-10,13-14H,11-12H2,1-4H3,(H,25,26,27,28)/t13-,14+. The van der Waals surface area contributed by atoms with Crippen LogP contribution in [0.1, 0.15) is 31.3 Å². The van der Waals surface area contributed by atoms with Crippen LogP contribution in [0, 0.1) is 5.82 Å². The smallest absolute Gasteiger partial charge is 0.227 e. The molecule has 0 bridgehead atoms. The molecule has 9 nitrogen and oxygen atoms in total. The zero-order chi connectivity index (χ0) is 23.5. The molecular formula is C23H25FN6O3. The van der Waals surface area contributed by atoms with Gasteiger partial charge in [0.2, 0.25) is 5.95 Å². The highest BCUT2D eigenvalue weighted by Gasteiger charge is 2.25. The van der Waals surface area contributed by atoms with Crippen molar-refractivity contribution in [2.45, 2.75) is 33.0 Å². The van der Waals surface area contributed by atoms with Crippen molar-refractivity contribution in [1.82, 2.24) is 20.2 Å². The van der Waals surface area contributed by atoms with Crippen molar-refractivity contribution in [3.05, 3.63) is 48.0 Å². The lowest BCUT2D eigenvalue weighted by atomic mass is 10.0. The minimum atomic E-state index is -0.628. The van der Waals surface area contributed by atoms with Gasteiger partial charge in [0.25, 0.3) is 0 Å². The van der Waals surface area contributed by atoms with Crippen LogP contribution < -0.4 is 15.0 Å². The van der Waals surface area contributed by atoms with Gasteiger partial charge < -0.3 is 19.7 Å². The van der Waals surface area contributed by atoms with Crippen molar-refractivity contribution >= 4 is 23.4 Å². The van der Waals surface area contributed by atoms with Gasteiger partial charge in [-0.05, 0) is 37.6 Å². The summed E-state index contributed by atoms with van der Waals surface area (Å²) in [5.41, 5.74) is 1.53. The van der Waals surface area contributed by atoms with Crippen LogP contribution in [0.3, 0.4) is 0 Å². The quantitative estimate of drug-likeness (QED) is 0.562. The van der Waals surface area contributed by atoms with Crippen LogP contribution in [-0.2, 0) is 4.74 Å². The Balaban J connectivity index is 1.65. The third kappa shape index (κ3) is 5.06. The molecule has 3 aromatic rings. The number of morpholine rings is 1. The Hall–Kier alpha value is -3.66. The van der Waals surface area contributed by atoms with Gasteiger partial charge in [0.15, 0.2) is 23.2 Å². The molecule has 4 rings (SSSR count). The van der Waals surface area contributed by atoms with Gasteiger partial charge in [0, 0.05) is 25.6 Å². The van der Waals surface area contributed by atoms with Crippen LogP contribution in [0.5, 0.6) is 5.75 Å². The van der Waals surface area contributed by atoms with Crippen molar-refractivity contribution < 1.29 is 18.7 Å². The number of carbonyl (C=O) groups excluding carboxylic acids is 1. The SMILES string of the molecule is COc1ccc(-c2cc(Nc3nc(N4C[C@@H](C)O[C@@H](C)C4)ncc3F)nnc2C(C)=O)cc1. The third-order valence-electron chi connectivity index (χ3n) is 5.21. The van der Waals surface area contributed by atoms with Crippen LogP contribution in [0.4, 0.5) is 22.0 Å². The number of hydrogen-bond acceptors (Lipinski definition) is 9. The van der Waals surface area contributed by atoms with Gasteiger partial charge in [-0.15, -0.1) is 10.2 Å². The molecule has 33 heavy (non-hydrogen) atoms. The summed E-state index contributed by atoms with van der Waals surface area (Å²) < 4.78 is 25.5. The van der Waals surface area contributed by atoms with Crippen molar-refractivity contribution in [2.24, 2.45) is 0 Å². The monoisotopic (exact) mass is 452 g/mol. The molecule has 0 aliphatic carbocycles. The van der Waals surface area contributed by atoms with Crippen LogP contribution >= 0.6 is 0 Å². The lowest BCUT2D eigenvalue weighted by Crippen LogP contribution is -2.46. The second-order valence-corrected chi connectivity index (χ2v) is 7.93. The van der Waals surface area contributed by atoms with E-state index in [0.29, 0.717) is 30.4 Å². The van der Waals surface area contributed by atoms with E-state index in [-0.39, 0.29) is 35.3 Å². The molecule has 0 spiro atoms. The van der Waals surface area contributed by atoms with E-state index in [2.05, 4.69) is 25.5 Å². The third-order valence-corrected chi connectivity index (χ3v) is 5.21. The van der Waals surface area contributed by atoms with E-state index in [0.717, 1.165) is 11.8 Å². The van der Waals surface area contributed by atoms with Crippen molar-refractivity contribution in [3.8, 4) is 16.9 Å². The van der Waals surface area contributed by atoms with E-state index < -0.39 is 5.82 Å². The first kappa shape index (κ1) is 22.5. The molecule has 0 unspecified atom stereocenters. The predicted octanol–water partition coefficient (Wildman–Crippen LogP) is 3.64. The van der Waals surface area contributed by atoms with Gasteiger partial charge in [0.05, 0.1) is 25.5 Å². The van der Waals surface area contributed by atoms with Crippen LogP contribution in [0.2, 0.25) is 0 Å². The Morgan fingerprint density at radius 3 is 2.52 bits per heavy atom. The maximum absolute atomic E-state index is 14.5. The highest BCUT2D eigenvalue weighted by atomic mass is 19.1. The highest BCUT2D eigenvalue weighted by Crippen LogP contribution is 2.28. The van der Waals surface area contributed by atoms with Gasteiger partial charge in [-0.1, -0.05) is 12.1 Å². The van der Waals surface area contributed by atoms with E-state index in [1.165, 1.54) is 6.92 Å². The van der Waals surface area contributed by atoms with Gasteiger partial charge >= 0.3 is 0 Å². The topological polar surface area (TPSA) is 102 Å². The number of aromatic nitrogens is 4. The molecule has 1 aromatic carbocycles. The minimum Gasteiger partial charge on any atom is -0.497 e. The van der Waals surface area contributed by atoms with E-state index in [9.17, 15) is 9.18 Å². The lowest BCUT2D eigenvalue weighted by molar-refractivity contribution is -0.00572. The predicted molar refractivity (Wildman–Crippen MR) is 122 cm³/mol. The molecule has 10 heteroatoms. The normalized spacial score (nSPS) is 18.2. The summed E-state index contributed by atoms with van der Waals surface area (Å²) in [5, 5.41) is 11.0. The number of anilines is 3. The van der Waals surface area contributed by atoms with E-state index in [1.54, 1.807) is 25.3 Å². The largest absolute Gasteiger partial charge is 0.497 e. The van der Waals surface area contributed by atoms with Crippen molar-refractivity contribution in [3.63, 3.8) is 0 Å². The Labute approximate surface area is 191 Å². The number of hydrogen-bond donors (Lipinski definition) is 1. The Kier molecular flexibility index (Phi) is 6.45. The lowest BCUT2D eigenvalue weighted by Gasteiger charge is -2.35. The first-order chi connectivity index (χ1) is 15.8. The molecule has 2 aromatic heterocycles. The number of nitrogens with zero attached hydrogens (tertiary/aromatic N) is 5. The van der Waals surface area contributed by atoms with E-state index in [1.807, 2.05) is 30.9 Å². The number of ether oxygens (including phenoxy) is 2. The number of Topliss-reactive ketones (excluding diaryl/α,β-unsaturated/α-hetero) is 1. The summed E-state index contributed by atoms with van der Waals surface area (Å²) in [7, 11) is 1.58. The summed E-state index contributed by atoms with van der Waals surface area (Å²) in [6, 6.07) is 8.85. The first-order valence-electron chi connectivity index (χ1n) is 10.6. The maximum Gasteiger partial charge on any atom is 0.227 e. The molecule has 1 fully saturated rings. The summed E-state index contributed by atoms with van der Waals surface area (Å²) in [6.45, 7) is 6.57. The molecule has 1 aliphatic heterocycles. The molecule has 2 atom stereocenters. The van der Waals surface area contributed by atoms with Crippen LogP contribution in [-0.4, -0.2) is 58.4 Å². The zero-order valence-corrected chi connectivity index (χ0v) is 18.9. The molecule has 0 saturated carbocycles. The number of ketones is 1. The Morgan fingerprint density at radius 1 is 1.18 bits per heavy atom. The fourth-order valence-corrected chi connectivity index (χ4v) is 3.76. The number of carbonyl (C=O) groups is 1. The van der Waals surface area contributed by atoms with Crippen LogP contribution in [0.25, 0.3) is 11.1 Å². The summed E-state index contributed by atoms with van der Waals surface area (Å²) in [5.74, 6) is 0.438. The fourth-order valence-electron chi connectivity index (χ4n) is 3.76. The zero-order valence-electron chi connectivity index (χ0n) is 18.9. The summed E-state index contributed by atoms with van der Waals surface area (Å²) in [4.78, 5) is 22.6. The number of methoxy groups -OCH3 is 1. The molecule has 0 radical (unpaired) electrons. The number of benzene rings is 1. The van der Waals surface area contributed by atoms with Crippen LogP contribution in [0.15, 0.2) is 36.5 Å². The Morgan fingerprint density at radius 2 is 1.88 bits per heavy atom.